The van der Waals surface area contributed by atoms with Crippen molar-refractivity contribution in [3.63, 3.8) is 0 Å². The average molecular weight is 505 g/mol. The molecular weight excluding hydrogens is 476 g/mol. The smallest absolute Gasteiger partial charge is 0.148 e. The van der Waals surface area contributed by atoms with Crippen molar-refractivity contribution < 1.29 is 9.84 Å². The number of anilines is 2. The molecule has 8 nitrogen and oxygen atoms in total. The summed E-state index contributed by atoms with van der Waals surface area (Å²) in [6.45, 7) is 10.1. The second kappa shape index (κ2) is 9.23. The number of aliphatic hydroxyl groups excluding tert-OH is 1. The van der Waals surface area contributed by atoms with Crippen LogP contribution in [0.1, 0.15) is 5.69 Å². The van der Waals surface area contributed by atoms with Crippen LogP contribution in [0.4, 0.5) is 11.6 Å². The lowest BCUT2D eigenvalue weighted by molar-refractivity contribution is 0.0898. The van der Waals surface area contributed by atoms with Gasteiger partial charge in [0.15, 0.2) is 0 Å². The standard InChI is InChI=1S/C21H29BrN6O2Si/c1-31(2,3)8-7-30-14-28-12-17(22)19-20(24-13-25-21(19)28)23-9-15-5-4-6-18(26-15)27-10-16(29)11-27/h4-6,12-13,16,29H,7-11,14H2,1-3H3,(H,23,24,25). The third kappa shape index (κ3) is 5.43. The molecule has 1 aliphatic rings. The highest BCUT2D eigenvalue weighted by Gasteiger charge is 2.25. The summed E-state index contributed by atoms with van der Waals surface area (Å²) in [5.41, 5.74) is 1.74. The van der Waals surface area contributed by atoms with Gasteiger partial charge in [0.25, 0.3) is 0 Å². The van der Waals surface area contributed by atoms with Gasteiger partial charge < -0.3 is 24.6 Å². The molecule has 4 rings (SSSR count). The van der Waals surface area contributed by atoms with Crippen molar-refractivity contribution in [1.29, 1.82) is 0 Å². The minimum absolute atomic E-state index is 0.251. The Hall–Kier alpha value is -2.01. The van der Waals surface area contributed by atoms with Gasteiger partial charge in [-0.05, 0) is 34.1 Å². The molecule has 0 aromatic carbocycles. The van der Waals surface area contributed by atoms with Crippen LogP contribution >= 0.6 is 15.9 Å². The summed E-state index contributed by atoms with van der Waals surface area (Å²) in [6.07, 6.45) is 3.31. The van der Waals surface area contributed by atoms with Crippen molar-refractivity contribution in [3.8, 4) is 0 Å². The molecule has 166 valence electrons. The summed E-state index contributed by atoms with van der Waals surface area (Å²) >= 11 is 3.65. The van der Waals surface area contributed by atoms with Crippen molar-refractivity contribution in [3.05, 3.63) is 40.9 Å². The van der Waals surface area contributed by atoms with Crippen LogP contribution in [0.15, 0.2) is 35.2 Å². The summed E-state index contributed by atoms with van der Waals surface area (Å²) < 4.78 is 8.84. The fraction of sp³-hybridized carbons (Fsp3) is 0.476. The van der Waals surface area contributed by atoms with Gasteiger partial charge in [0.2, 0.25) is 0 Å². The molecule has 10 heteroatoms. The van der Waals surface area contributed by atoms with Crippen LogP contribution in [-0.4, -0.2) is 58.5 Å². The van der Waals surface area contributed by atoms with Gasteiger partial charge in [-0.25, -0.2) is 15.0 Å². The quantitative estimate of drug-likeness (QED) is 0.339. The van der Waals surface area contributed by atoms with E-state index >= 15 is 0 Å². The number of nitrogens with one attached hydrogen (secondary N) is 1. The first kappa shape index (κ1) is 22.2. The van der Waals surface area contributed by atoms with E-state index in [2.05, 4.69) is 55.8 Å². The molecule has 1 fully saturated rings. The van der Waals surface area contributed by atoms with Gasteiger partial charge in [-0.15, -0.1) is 0 Å². The second-order valence-corrected chi connectivity index (χ2v) is 15.6. The molecule has 2 N–H and O–H groups in total. The van der Waals surface area contributed by atoms with E-state index in [9.17, 15) is 5.11 Å². The zero-order valence-corrected chi connectivity index (χ0v) is 20.8. The number of hydrogen-bond acceptors (Lipinski definition) is 7. The van der Waals surface area contributed by atoms with E-state index in [1.54, 1.807) is 6.33 Å². The lowest BCUT2D eigenvalue weighted by Crippen LogP contribution is -2.51. The first-order valence-corrected chi connectivity index (χ1v) is 15.0. The molecule has 0 spiro atoms. The number of nitrogens with zero attached hydrogens (tertiary/aromatic N) is 5. The van der Waals surface area contributed by atoms with Crippen LogP contribution in [0.5, 0.6) is 0 Å². The van der Waals surface area contributed by atoms with E-state index in [4.69, 9.17) is 9.72 Å². The maximum absolute atomic E-state index is 9.52. The summed E-state index contributed by atoms with van der Waals surface area (Å²) in [5, 5.41) is 13.8. The summed E-state index contributed by atoms with van der Waals surface area (Å²) in [4.78, 5) is 15.7. The van der Waals surface area contributed by atoms with Crippen molar-refractivity contribution >= 4 is 46.7 Å². The molecule has 0 radical (unpaired) electrons. The van der Waals surface area contributed by atoms with Crippen LogP contribution in [0, 0.1) is 0 Å². The highest BCUT2D eigenvalue weighted by Crippen LogP contribution is 2.30. The highest BCUT2D eigenvalue weighted by molar-refractivity contribution is 9.10. The van der Waals surface area contributed by atoms with E-state index in [-0.39, 0.29) is 6.10 Å². The van der Waals surface area contributed by atoms with Crippen LogP contribution < -0.4 is 10.2 Å². The fourth-order valence-corrected chi connectivity index (χ4v) is 4.78. The van der Waals surface area contributed by atoms with Crippen molar-refractivity contribution in [2.75, 3.05) is 29.9 Å². The SMILES string of the molecule is C[Si](C)(C)CCOCn1cc(Br)c2c(NCc3cccc(N4CC(O)C4)n3)ncnc21. The molecule has 0 unspecified atom stereocenters. The number of β-amino-alcohol motifs (C(OH)–C–C–N with tert-alkyl or cyclic N) is 1. The Morgan fingerprint density at radius 2 is 2.06 bits per heavy atom. The van der Waals surface area contributed by atoms with E-state index < -0.39 is 8.07 Å². The van der Waals surface area contributed by atoms with Crippen molar-refractivity contribution in [2.24, 2.45) is 0 Å². The Balaban J connectivity index is 1.44. The number of aliphatic hydroxyl groups is 1. The Labute approximate surface area is 191 Å². The van der Waals surface area contributed by atoms with E-state index in [1.807, 2.05) is 29.0 Å². The summed E-state index contributed by atoms with van der Waals surface area (Å²) in [5.74, 6) is 1.64. The molecule has 0 saturated carbocycles. The van der Waals surface area contributed by atoms with Crippen molar-refractivity contribution in [2.45, 2.75) is 45.1 Å². The normalized spacial score (nSPS) is 14.8. The molecule has 1 aliphatic heterocycles. The van der Waals surface area contributed by atoms with E-state index in [0.717, 1.165) is 45.5 Å². The van der Waals surface area contributed by atoms with Crippen LogP contribution in [0.2, 0.25) is 25.7 Å². The highest BCUT2D eigenvalue weighted by atomic mass is 79.9. The Kier molecular flexibility index (Phi) is 6.61. The lowest BCUT2D eigenvalue weighted by Gasteiger charge is -2.36. The van der Waals surface area contributed by atoms with Gasteiger partial charge in [0, 0.05) is 38.4 Å². The van der Waals surface area contributed by atoms with Gasteiger partial charge in [-0.1, -0.05) is 25.7 Å². The number of pyridine rings is 1. The maximum atomic E-state index is 9.52. The van der Waals surface area contributed by atoms with E-state index in [0.29, 0.717) is 26.4 Å². The zero-order valence-electron chi connectivity index (χ0n) is 18.2. The largest absolute Gasteiger partial charge is 0.389 e. The molecule has 0 bridgehead atoms. The van der Waals surface area contributed by atoms with Gasteiger partial charge in [-0.2, -0.15) is 0 Å². The summed E-state index contributed by atoms with van der Waals surface area (Å²) in [7, 11) is -1.11. The number of aromatic nitrogens is 4. The Morgan fingerprint density at radius 3 is 2.81 bits per heavy atom. The molecule has 3 aromatic heterocycles. The predicted octanol–water partition coefficient (Wildman–Crippen LogP) is 3.69. The minimum atomic E-state index is -1.11. The van der Waals surface area contributed by atoms with Gasteiger partial charge >= 0.3 is 0 Å². The molecule has 4 heterocycles. The van der Waals surface area contributed by atoms with Gasteiger partial charge in [-0.3, -0.25) is 0 Å². The van der Waals surface area contributed by atoms with Crippen molar-refractivity contribution in [1.82, 2.24) is 19.5 Å². The number of hydrogen-bond donors (Lipinski definition) is 2. The Bertz CT molecular complexity index is 1050. The van der Waals surface area contributed by atoms with Gasteiger partial charge in [0.1, 0.15) is 30.3 Å². The number of rotatable bonds is 9. The molecule has 0 amide bonds. The third-order valence-corrected chi connectivity index (χ3v) is 7.55. The van der Waals surface area contributed by atoms with Gasteiger partial charge in [0.05, 0.1) is 23.7 Å². The van der Waals surface area contributed by atoms with E-state index in [1.165, 1.54) is 0 Å². The van der Waals surface area contributed by atoms with Crippen LogP contribution in [0.25, 0.3) is 11.0 Å². The number of ether oxygens (including phenoxy) is 1. The minimum Gasteiger partial charge on any atom is -0.389 e. The maximum Gasteiger partial charge on any atom is 0.148 e. The molecule has 31 heavy (non-hydrogen) atoms. The first-order chi connectivity index (χ1) is 14.8. The molecular formula is C21H29BrN6O2Si. The lowest BCUT2D eigenvalue weighted by atomic mass is 10.1. The molecule has 0 aliphatic carbocycles. The number of halogens is 1. The summed E-state index contributed by atoms with van der Waals surface area (Å²) in [6, 6.07) is 7.08. The molecule has 1 saturated heterocycles. The van der Waals surface area contributed by atoms with Crippen LogP contribution in [0.3, 0.4) is 0 Å². The monoisotopic (exact) mass is 504 g/mol. The Morgan fingerprint density at radius 1 is 1.26 bits per heavy atom. The van der Waals surface area contributed by atoms with Crippen LogP contribution in [-0.2, 0) is 18.0 Å². The predicted molar refractivity (Wildman–Crippen MR) is 129 cm³/mol. The number of fused-ring (bicyclic) bond motifs is 1. The topological polar surface area (TPSA) is 88.3 Å². The molecule has 3 aromatic rings. The third-order valence-electron chi connectivity index (χ3n) is 5.25. The molecule has 0 atom stereocenters. The first-order valence-electron chi connectivity index (χ1n) is 10.5. The zero-order chi connectivity index (χ0) is 22.0. The second-order valence-electron chi connectivity index (χ2n) is 9.12. The average Bonchev–Trinajstić information content (AvgIpc) is 3.03. The fourth-order valence-electron chi connectivity index (χ4n) is 3.41.